The maximum Gasteiger partial charge on any atom is 0.0321 e. The van der Waals surface area contributed by atoms with Gasteiger partial charge >= 0.3 is 0 Å². The molecule has 1 N–H and O–H groups in total. The summed E-state index contributed by atoms with van der Waals surface area (Å²) in [4.78, 5) is 0. The second kappa shape index (κ2) is 7.61. The molecule has 2 aromatic rings. The van der Waals surface area contributed by atoms with Crippen LogP contribution in [0.4, 0.5) is 0 Å². The highest BCUT2D eigenvalue weighted by Crippen LogP contribution is 2.21. The van der Waals surface area contributed by atoms with Gasteiger partial charge in [-0.25, -0.2) is 0 Å². The zero-order valence-electron chi connectivity index (χ0n) is 12.2. The SMILES string of the molecule is CCc1ccc(CNC(CC)c2cccc(Br)c2)cc1. The van der Waals surface area contributed by atoms with Crippen molar-refractivity contribution in [3.8, 4) is 0 Å². The summed E-state index contributed by atoms with van der Waals surface area (Å²) in [6.07, 6.45) is 2.19. The van der Waals surface area contributed by atoms with E-state index in [1.54, 1.807) is 0 Å². The highest BCUT2D eigenvalue weighted by atomic mass is 79.9. The molecule has 20 heavy (non-hydrogen) atoms. The second-order valence-electron chi connectivity index (χ2n) is 5.07. The van der Waals surface area contributed by atoms with Gasteiger partial charge in [0.25, 0.3) is 0 Å². The van der Waals surface area contributed by atoms with E-state index in [0.29, 0.717) is 6.04 Å². The van der Waals surface area contributed by atoms with Crippen LogP contribution in [-0.2, 0) is 13.0 Å². The van der Waals surface area contributed by atoms with E-state index in [2.05, 4.69) is 83.6 Å². The average molecular weight is 332 g/mol. The minimum Gasteiger partial charge on any atom is -0.306 e. The van der Waals surface area contributed by atoms with E-state index in [1.165, 1.54) is 16.7 Å². The summed E-state index contributed by atoms with van der Waals surface area (Å²) in [7, 11) is 0. The molecule has 0 saturated carbocycles. The fourth-order valence-electron chi connectivity index (χ4n) is 2.36. The van der Waals surface area contributed by atoms with Crippen molar-refractivity contribution in [3.05, 3.63) is 69.7 Å². The van der Waals surface area contributed by atoms with Gasteiger partial charge in [0.15, 0.2) is 0 Å². The lowest BCUT2D eigenvalue weighted by Gasteiger charge is -2.18. The summed E-state index contributed by atoms with van der Waals surface area (Å²) in [5, 5.41) is 3.65. The number of nitrogens with one attached hydrogen (secondary N) is 1. The first-order valence-electron chi connectivity index (χ1n) is 7.29. The summed E-state index contributed by atoms with van der Waals surface area (Å²) in [5.41, 5.74) is 4.08. The molecule has 0 heterocycles. The Kier molecular flexibility index (Phi) is 5.81. The first-order chi connectivity index (χ1) is 9.72. The van der Waals surface area contributed by atoms with Crippen LogP contribution in [-0.4, -0.2) is 0 Å². The smallest absolute Gasteiger partial charge is 0.0321 e. The molecule has 0 radical (unpaired) electrons. The molecule has 1 atom stereocenters. The van der Waals surface area contributed by atoms with Crippen LogP contribution in [0.15, 0.2) is 53.0 Å². The Bertz CT molecular complexity index is 533. The summed E-state index contributed by atoms with van der Waals surface area (Å²) < 4.78 is 1.14. The Balaban J connectivity index is 1.99. The van der Waals surface area contributed by atoms with Gasteiger partial charge in [-0.15, -0.1) is 0 Å². The van der Waals surface area contributed by atoms with Gasteiger partial charge in [-0.05, 0) is 41.7 Å². The van der Waals surface area contributed by atoms with Crippen molar-refractivity contribution < 1.29 is 0 Å². The summed E-state index contributed by atoms with van der Waals surface area (Å²) in [5.74, 6) is 0. The average Bonchev–Trinajstić information content (AvgIpc) is 2.48. The Morgan fingerprint density at radius 3 is 2.30 bits per heavy atom. The molecule has 0 saturated heterocycles. The van der Waals surface area contributed by atoms with Gasteiger partial charge in [-0.2, -0.15) is 0 Å². The highest BCUT2D eigenvalue weighted by molar-refractivity contribution is 9.10. The minimum atomic E-state index is 0.401. The number of hydrogen-bond donors (Lipinski definition) is 1. The maximum atomic E-state index is 3.65. The van der Waals surface area contributed by atoms with Gasteiger partial charge in [0.2, 0.25) is 0 Å². The molecule has 0 aliphatic heterocycles. The van der Waals surface area contributed by atoms with Crippen LogP contribution < -0.4 is 5.32 Å². The molecule has 106 valence electrons. The van der Waals surface area contributed by atoms with Crippen molar-refractivity contribution in [2.75, 3.05) is 0 Å². The van der Waals surface area contributed by atoms with Crippen molar-refractivity contribution in [3.63, 3.8) is 0 Å². The van der Waals surface area contributed by atoms with Crippen LogP contribution >= 0.6 is 15.9 Å². The first kappa shape index (κ1) is 15.3. The van der Waals surface area contributed by atoms with E-state index in [0.717, 1.165) is 23.9 Å². The first-order valence-corrected chi connectivity index (χ1v) is 8.09. The number of hydrogen-bond acceptors (Lipinski definition) is 1. The third-order valence-corrected chi connectivity index (χ3v) is 4.14. The molecule has 2 rings (SSSR count). The summed E-state index contributed by atoms with van der Waals surface area (Å²) >= 11 is 3.54. The maximum absolute atomic E-state index is 3.65. The van der Waals surface area contributed by atoms with Crippen molar-refractivity contribution >= 4 is 15.9 Å². The third-order valence-electron chi connectivity index (χ3n) is 3.64. The Morgan fingerprint density at radius 2 is 1.70 bits per heavy atom. The molecule has 2 heteroatoms. The van der Waals surface area contributed by atoms with Crippen molar-refractivity contribution in [2.24, 2.45) is 0 Å². The van der Waals surface area contributed by atoms with E-state index >= 15 is 0 Å². The lowest BCUT2D eigenvalue weighted by atomic mass is 10.0. The third kappa shape index (κ3) is 4.19. The van der Waals surface area contributed by atoms with Crippen molar-refractivity contribution in [1.29, 1.82) is 0 Å². The van der Waals surface area contributed by atoms with Gasteiger partial charge < -0.3 is 5.32 Å². The quantitative estimate of drug-likeness (QED) is 0.761. The molecule has 0 spiro atoms. The van der Waals surface area contributed by atoms with Crippen LogP contribution in [0, 0.1) is 0 Å². The van der Waals surface area contributed by atoms with Crippen LogP contribution in [0.2, 0.25) is 0 Å². The van der Waals surface area contributed by atoms with E-state index < -0.39 is 0 Å². The molecule has 0 aliphatic rings. The lowest BCUT2D eigenvalue weighted by Crippen LogP contribution is -2.20. The predicted molar refractivity (Wildman–Crippen MR) is 89.8 cm³/mol. The van der Waals surface area contributed by atoms with E-state index in [-0.39, 0.29) is 0 Å². The highest BCUT2D eigenvalue weighted by Gasteiger charge is 2.08. The molecular weight excluding hydrogens is 310 g/mol. The van der Waals surface area contributed by atoms with Crippen LogP contribution in [0.5, 0.6) is 0 Å². The molecule has 0 aliphatic carbocycles. The summed E-state index contributed by atoms with van der Waals surface area (Å²) in [6, 6.07) is 17.8. The molecule has 2 aromatic carbocycles. The zero-order chi connectivity index (χ0) is 14.4. The standard InChI is InChI=1S/C18H22BrN/c1-3-14-8-10-15(11-9-14)13-20-18(4-2)16-6-5-7-17(19)12-16/h5-12,18,20H,3-4,13H2,1-2H3. The van der Waals surface area contributed by atoms with Gasteiger partial charge in [0.05, 0.1) is 0 Å². The molecule has 1 nitrogen and oxygen atoms in total. The number of rotatable bonds is 6. The molecule has 0 amide bonds. The van der Waals surface area contributed by atoms with Crippen LogP contribution in [0.25, 0.3) is 0 Å². The largest absolute Gasteiger partial charge is 0.306 e. The lowest BCUT2D eigenvalue weighted by molar-refractivity contribution is 0.519. The van der Waals surface area contributed by atoms with Gasteiger partial charge in [0.1, 0.15) is 0 Å². The Labute approximate surface area is 130 Å². The minimum absolute atomic E-state index is 0.401. The van der Waals surface area contributed by atoms with Gasteiger partial charge in [-0.3, -0.25) is 0 Å². The van der Waals surface area contributed by atoms with E-state index in [1.807, 2.05) is 0 Å². The molecule has 0 fully saturated rings. The second-order valence-corrected chi connectivity index (χ2v) is 5.98. The van der Waals surface area contributed by atoms with E-state index in [4.69, 9.17) is 0 Å². The Morgan fingerprint density at radius 1 is 1.00 bits per heavy atom. The normalized spacial score (nSPS) is 12.3. The predicted octanol–water partition coefficient (Wildman–Crippen LogP) is 5.25. The number of benzene rings is 2. The molecule has 1 unspecified atom stereocenters. The number of halogens is 1. The topological polar surface area (TPSA) is 12.0 Å². The monoisotopic (exact) mass is 331 g/mol. The van der Waals surface area contributed by atoms with Gasteiger partial charge in [0, 0.05) is 17.1 Å². The van der Waals surface area contributed by atoms with Gasteiger partial charge in [-0.1, -0.05) is 66.2 Å². The fraction of sp³-hybridized carbons (Fsp3) is 0.333. The molecule has 0 aromatic heterocycles. The van der Waals surface area contributed by atoms with Crippen LogP contribution in [0.1, 0.15) is 43.0 Å². The molecular formula is C18H22BrN. The van der Waals surface area contributed by atoms with Crippen molar-refractivity contribution in [2.45, 2.75) is 39.3 Å². The zero-order valence-corrected chi connectivity index (χ0v) is 13.8. The fourth-order valence-corrected chi connectivity index (χ4v) is 2.77. The van der Waals surface area contributed by atoms with Crippen LogP contribution in [0.3, 0.4) is 0 Å². The van der Waals surface area contributed by atoms with E-state index in [9.17, 15) is 0 Å². The molecule has 0 bridgehead atoms. The number of aryl methyl sites for hydroxylation is 1. The summed E-state index contributed by atoms with van der Waals surface area (Å²) in [6.45, 7) is 5.32. The van der Waals surface area contributed by atoms with Crippen molar-refractivity contribution in [1.82, 2.24) is 5.32 Å². The Hall–Kier alpha value is -1.12.